The number of benzene rings is 1. The molecular weight excluding hydrogens is 302 g/mol. The topological polar surface area (TPSA) is 59.2 Å². The molecule has 116 valence electrons. The molecule has 0 bridgehead atoms. The second kappa shape index (κ2) is 6.08. The summed E-state index contributed by atoms with van der Waals surface area (Å²) in [6, 6.07) is 7.84. The zero-order valence-electron chi connectivity index (χ0n) is 12.6. The van der Waals surface area contributed by atoms with E-state index in [0.717, 1.165) is 5.56 Å². The Hall–Kier alpha value is -1.88. The van der Waals surface area contributed by atoms with E-state index in [2.05, 4.69) is 16.3 Å². The van der Waals surface area contributed by atoms with Crippen LogP contribution in [0, 0.1) is 0 Å². The van der Waals surface area contributed by atoms with Gasteiger partial charge in [0.1, 0.15) is 11.4 Å². The van der Waals surface area contributed by atoms with Crippen LogP contribution in [-0.4, -0.2) is 26.4 Å². The number of hydrogen-bond acceptors (Lipinski definition) is 4. The Morgan fingerprint density at radius 3 is 2.77 bits per heavy atom. The van der Waals surface area contributed by atoms with Crippen LogP contribution in [0.4, 0.5) is 0 Å². The van der Waals surface area contributed by atoms with Gasteiger partial charge in [0, 0.05) is 19.4 Å². The highest BCUT2D eigenvalue weighted by Crippen LogP contribution is 2.33. The molecule has 22 heavy (non-hydrogen) atoms. The van der Waals surface area contributed by atoms with Gasteiger partial charge in [-0.2, -0.15) is 0 Å². The average molecular weight is 320 g/mol. The molecule has 0 radical (unpaired) electrons. The largest absolute Gasteiger partial charge is 0.423 e. The van der Waals surface area contributed by atoms with Crippen LogP contribution in [0.2, 0.25) is 0 Å². The smallest absolute Gasteiger partial charge is 0.241 e. The Morgan fingerprint density at radius 1 is 1.41 bits per heavy atom. The molecule has 5 nitrogen and oxygen atoms in total. The third-order valence-corrected chi connectivity index (χ3v) is 4.13. The molecule has 2 unspecified atom stereocenters. The minimum atomic E-state index is -0.582. The SMILES string of the molecule is CCc1nnc(C2Cc3ccccc3CN2C(=O)C(C)Cl)o1. The summed E-state index contributed by atoms with van der Waals surface area (Å²) in [4.78, 5) is 14.2. The van der Waals surface area contributed by atoms with E-state index in [0.29, 0.717) is 31.2 Å². The molecule has 3 rings (SSSR count). The van der Waals surface area contributed by atoms with Gasteiger partial charge in [0.2, 0.25) is 17.7 Å². The molecule has 0 saturated heterocycles. The predicted octanol–water partition coefficient (Wildman–Crippen LogP) is 2.89. The first-order chi connectivity index (χ1) is 10.6. The van der Waals surface area contributed by atoms with Crippen molar-refractivity contribution in [1.82, 2.24) is 15.1 Å². The van der Waals surface area contributed by atoms with Crippen molar-refractivity contribution in [3.05, 3.63) is 47.2 Å². The van der Waals surface area contributed by atoms with E-state index < -0.39 is 5.38 Å². The number of fused-ring (bicyclic) bond motifs is 1. The van der Waals surface area contributed by atoms with Crippen LogP contribution >= 0.6 is 11.6 Å². The van der Waals surface area contributed by atoms with Gasteiger partial charge in [-0.05, 0) is 18.1 Å². The Labute approximate surface area is 134 Å². The highest BCUT2D eigenvalue weighted by Gasteiger charge is 2.35. The average Bonchev–Trinajstić information content (AvgIpc) is 3.01. The van der Waals surface area contributed by atoms with E-state index in [4.69, 9.17) is 16.0 Å². The van der Waals surface area contributed by atoms with Crippen molar-refractivity contribution in [2.24, 2.45) is 0 Å². The van der Waals surface area contributed by atoms with Crippen molar-refractivity contribution in [2.75, 3.05) is 0 Å². The van der Waals surface area contributed by atoms with Crippen LogP contribution in [0.3, 0.4) is 0 Å². The third-order valence-electron chi connectivity index (χ3n) is 3.94. The molecule has 1 aromatic heterocycles. The highest BCUT2D eigenvalue weighted by atomic mass is 35.5. The molecule has 1 aliphatic rings. The highest BCUT2D eigenvalue weighted by molar-refractivity contribution is 6.30. The van der Waals surface area contributed by atoms with Gasteiger partial charge in [-0.25, -0.2) is 0 Å². The summed E-state index contributed by atoms with van der Waals surface area (Å²) in [5, 5.41) is 7.56. The summed E-state index contributed by atoms with van der Waals surface area (Å²) in [5.41, 5.74) is 2.34. The lowest BCUT2D eigenvalue weighted by molar-refractivity contribution is -0.134. The first-order valence-corrected chi connectivity index (χ1v) is 7.87. The summed E-state index contributed by atoms with van der Waals surface area (Å²) in [6.45, 7) is 4.16. The molecule has 6 heteroatoms. The molecule has 2 aromatic rings. The molecule has 1 aliphatic heterocycles. The number of halogens is 1. The first kappa shape index (κ1) is 15.0. The van der Waals surface area contributed by atoms with Crippen LogP contribution in [0.15, 0.2) is 28.7 Å². The predicted molar refractivity (Wildman–Crippen MR) is 82.4 cm³/mol. The van der Waals surface area contributed by atoms with E-state index in [1.165, 1.54) is 5.56 Å². The first-order valence-electron chi connectivity index (χ1n) is 7.43. The van der Waals surface area contributed by atoms with E-state index in [1.54, 1.807) is 11.8 Å². The Balaban J connectivity index is 1.98. The number of nitrogens with zero attached hydrogens (tertiary/aromatic N) is 3. The summed E-state index contributed by atoms with van der Waals surface area (Å²) in [5.74, 6) is 0.953. The number of aryl methyl sites for hydroxylation is 1. The zero-order valence-corrected chi connectivity index (χ0v) is 13.4. The van der Waals surface area contributed by atoms with Crippen molar-refractivity contribution < 1.29 is 9.21 Å². The Bertz CT molecular complexity index is 684. The minimum absolute atomic E-state index is 0.114. The van der Waals surface area contributed by atoms with E-state index in [-0.39, 0.29) is 11.9 Å². The molecule has 2 heterocycles. The normalized spacial score (nSPS) is 18.9. The van der Waals surface area contributed by atoms with Gasteiger partial charge in [0.25, 0.3) is 0 Å². The lowest BCUT2D eigenvalue weighted by Crippen LogP contribution is -2.42. The molecule has 2 atom stereocenters. The van der Waals surface area contributed by atoms with Crippen LogP contribution in [0.1, 0.15) is 42.8 Å². The van der Waals surface area contributed by atoms with Crippen molar-refractivity contribution in [3.8, 4) is 0 Å². The maximum absolute atomic E-state index is 12.5. The maximum atomic E-state index is 12.5. The van der Waals surface area contributed by atoms with Crippen molar-refractivity contribution in [2.45, 2.75) is 44.7 Å². The van der Waals surface area contributed by atoms with Gasteiger partial charge in [0.15, 0.2) is 0 Å². The number of alkyl halides is 1. The van der Waals surface area contributed by atoms with E-state index in [9.17, 15) is 4.79 Å². The third kappa shape index (κ3) is 2.73. The summed E-state index contributed by atoms with van der Waals surface area (Å²) >= 11 is 6.02. The molecule has 0 spiro atoms. The van der Waals surface area contributed by atoms with Crippen molar-refractivity contribution in [3.63, 3.8) is 0 Å². The number of hydrogen-bond donors (Lipinski definition) is 0. The lowest BCUT2D eigenvalue weighted by Gasteiger charge is -2.35. The maximum Gasteiger partial charge on any atom is 0.241 e. The van der Waals surface area contributed by atoms with Gasteiger partial charge < -0.3 is 9.32 Å². The van der Waals surface area contributed by atoms with E-state index >= 15 is 0 Å². The molecular formula is C16H18ClN3O2. The van der Waals surface area contributed by atoms with Gasteiger partial charge in [-0.1, -0.05) is 31.2 Å². The standard InChI is InChI=1S/C16H18ClN3O2/c1-3-14-18-19-15(22-14)13-8-11-6-4-5-7-12(11)9-20(13)16(21)10(2)17/h4-7,10,13H,3,8-9H2,1-2H3. The second-order valence-electron chi connectivity index (χ2n) is 5.46. The lowest BCUT2D eigenvalue weighted by atomic mass is 9.93. The van der Waals surface area contributed by atoms with Crippen LogP contribution < -0.4 is 0 Å². The fourth-order valence-electron chi connectivity index (χ4n) is 2.75. The number of carbonyl (C=O) groups excluding carboxylic acids is 1. The molecule has 0 aliphatic carbocycles. The fourth-order valence-corrected chi connectivity index (χ4v) is 2.87. The Kier molecular flexibility index (Phi) is 4.16. The van der Waals surface area contributed by atoms with Crippen LogP contribution in [0.5, 0.6) is 0 Å². The van der Waals surface area contributed by atoms with Gasteiger partial charge in [0.05, 0.1) is 0 Å². The van der Waals surface area contributed by atoms with Crippen molar-refractivity contribution in [1.29, 1.82) is 0 Å². The molecule has 0 fully saturated rings. The molecule has 0 saturated carbocycles. The monoisotopic (exact) mass is 319 g/mol. The molecule has 1 amide bonds. The number of aromatic nitrogens is 2. The number of amides is 1. The molecule has 0 N–H and O–H groups in total. The molecule has 1 aromatic carbocycles. The van der Waals surface area contributed by atoms with Gasteiger partial charge >= 0.3 is 0 Å². The minimum Gasteiger partial charge on any atom is -0.423 e. The number of rotatable bonds is 3. The summed E-state index contributed by atoms with van der Waals surface area (Å²) < 4.78 is 5.69. The van der Waals surface area contributed by atoms with E-state index in [1.807, 2.05) is 25.1 Å². The van der Waals surface area contributed by atoms with Crippen LogP contribution in [0.25, 0.3) is 0 Å². The Morgan fingerprint density at radius 2 is 2.14 bits per heavy atom. The quantitative estimate of drug-likeness (QED) is 0.816. The fraction of sp³-hybridized carbons (Fsp3) is 0.438. The summed E-state index contributed by atoms with van der Waals surface area (Å²) in [6.07, 6.45) is 1.34. The van der Waals surface area contributed by atoms with Gasteiger partial charge in [-0.15, -0.1) is 21.8 Å². The zero-order chi connectivity index (χ0) is 15.7. The second-order valence-corrected chi connectivity index (χ2v) is 6.11. The van der Waals surface area contributed by atoms with Crippen LogP contribution in [-0.2, 0) is 24.2 Å². The van der Waals surface area contributed by atoms with Gasteiger partial charge in [-0.3, -0.25) is 4.79 Å². The van der Waals surface area contributed by atoms with Crippen molar-refractivity contribution >= 4 is 17.5 Å². The number of carbonyl (C=O) groups is 1. The summed E-state index contributed by atoms with van der Waals surface area (Å²) in [7, 11) is 0.